The second-order valence-electron chi connectivity index (χ2n) is 2.84. The van der Waals surface area contributed by atoms with Gasteiger partial charge in [-0.2, -0.15) is 5.53 Å². The number of hydrogen-bond acceptors (Lipinski definition) is 3. The van der Waals surface area contributed by atoms with E-state index in [9.17, 15) is 0 Å². The van der Waals surface area contributed by atoms with Crippen molar-refractivity contribution in [3.8, 4) is 0 Å². The summed E-state index contributed by atoms with van der Waals surface area (Å²) in [6.07, 6.45) is 0. The smallest absolute Gasteiger partial charge is 0.0370 e. The van der Waals surface area contributed by atoms with Crippen LogP contribution in [0.2, 0.25) is 0 Å². The van der Waals surface area contributed by atoms with Gasteiger partial charge in [-0.25, -0.2) is 10.4 Å². The van der Waals surface area contributed by atoms with Crippen molar-refractivity contribution in [2.24, 2.45) is 0 Å². The Kier molecular flexibility index (Phi) is 2.05. The van der Waals surface area contributed by atoms with Crippen LogP contribution in [-0.4, -0.2) is 23.6 Å². The van der Waals surface area contributed by atoms with Gasteiger partial charge in [-0.3, -0.25) is 0 Å². The molecule has 0 aromatic rings. The van der Waals surface area contributed by atoms with Crippen LogP contribution in [0.1, 0.15) is 20.8 Å². The van der Waals surface area contributed by atoms with E-state index >= 15 is 0 Å². The second-order valence-corrected chi connectivity index (χ2v) is 2.84. The van der Waals surface area contributed by atoms with Gasteiger partial charge in [0, 0.05) is 18.6 Å². The van der Waals surface area contributed by atoms with Crippen LogP contribution in [0.4, 0.5) is 0 Å². The summed E-state index contributed by atoms with van der Waals surface area (Å²) < 4.78 is 0. The molecule has 1 heterocycles. The minimum atomic E-state index is 0.579. The largest absolute Gasteiger partial charge is 0.242 e. The van der Waals surface area contributed by atoms with Gasteiger partial charge in [0.15, 0.2) is 0 Å². The lowest BCUT2D eigenvalue weighted by atomic mass is 10.3. The fraction of sp³-hybridized carbons (Fsp3) is 1.00. The molecule has 0 aromatic heterocycles. The van der Waals surface area contributed by atoms with Gasteiger partial charge in [-0.05, 0) is 20.8 Å². The van der Waals surface area contributed by atoms with E-state index in [2.05, 4.69) is 36.7 Å². The molecule has 1 unspecified atom stereocenters. The molecule has 0 aliphatic carbocycles. The van der Waals surface area contributed by atoms with Crippen molar-refractivity contribution in [3.05, 3.63) is 0 Å². The van der Waals surface area contributed by atoms with Gasteiger partial charge in [0.05, 0.1) is 0 Å². The zero-order valence-corrected chi connectivity index (χ0v) is 6.31. The molecule has 0 aromatic carbocycles. The van der Waals surface area contributed by atoms with Gasteiger partial charge in [-0.15, -0.1) is 0 Å². The summed E-state index contributed by atoms with van der Waals surface area (Å²) in [6.45, 7) is 7.60. The predicted octanol–water partition coefficient (Wildman–Crippen LogP) is 0.108. The van der Waals surface area contributed by atoms with Crippen molar-refractivity contribution in [2.45, 2.75) is 32.9 Å². The second kappa shape index (κ2) is 2.64. The summed E-state index contributed by atoms with van der Waals surface area (Å²) >= 11 is 0. The average Bonchev–Trinajstić information content (AvgIpc) is 2.13. The molecule has 0 saturated carbocycles. The summed E-state index contributed by atoms with van der Waals surface area (Å²) in [4.78, 5) is 0. The van der Waals surface area contributed by atoms with E-state index < -0.39 is 0 Å². The minimum absolute atomic E-state index is 0.579. The van der Waals surface area contributed by atoms with Crippen molar-refractivity contribution in [1.29, 1.82) is 0 Å². The van der Waals surface area contributed by atoms with Crippen LogP contribution in [0.15, 0.2) is 0 Å². The standard InChI is InChI=1S/C6H15N3/c1-5(2)9-6(3)4-7-8-9/h5-8H,4H2,1-3H3. The van der Waals surface area contributed by atoms with E-state index in [1.54, 1.807) is 0 Å². The quantitative estimate of drug-likeness (QED) is 0.526. The molecule has 3 nitrogen and oxygen atoms in total. The van der Waals surface area contributed by atoms with Gasteiger partial charge in [0.2, 0.25) is 0 Å². The first-order chi connectivity index (χ1) is 4.22. The molecule has 1 aliphatic heterocycles. The van der Waals surface area contributed by atoms with E-state index in [1.165, 1.54) is 0 Å². The highest BCUT2D eigenvalue weighted by Gasteiger charge is 2.21. The van der Waals surface area contributed by atoms with Gasteiger partial charge in [0.1, 0.15) is 0 Å². The molecule has 54 valence electrons. The third-order valence-corrected chi connectivity index (χ3v) is 1.64. The highest BCUT2D eigenvalue weighted by molar-refractivity contribution is 4.72. The summed E-state index contributed by atoms with van der Waals surface area (Å²) in [6, 6.07) is 1.19. The molecule has 1 saturated heterocycles. The first-order valence-corrected chi connectivity index (χ1v) is 3.48. The van der Waals surface area contributed by atoms with Crippen molar-refractivity contribution < 1.29 is 0 Å². The molecule has 0 amide bonds. The molecule has 1 rings (SSSR count). The van der Waals surface area contributed by atoms with Gasteiger partial charge in [0.25, 0.3) is 0 Å². The Bertz CT molecular complexity index is 92.3. The lowest BCUT2D eigenvalue weighted by molar-refractivity contribution is 0.142. The lowest BCUT2D eigenvalue weighted by Crippen LogP contribution is -2.43. The molecule has 0 radical (unpaired) electrons. The third kappa shape index (κ3) is 1.41. The SMILES string of the molecule is CC(C)N1NNCC1C. The summed E-state index contributed by atoms with van der Waals surface area (Å²) in [7, 11) is 0. The zero-order valence-electron chi connectivity index (χ0n) is 6.31. The van der Waals surface area contributed by atoms with Crippen molar-refractivity contribution in [2.75, 3.05) is 6.54 Å². The Morgan fingerprint density at radius 3 is 2.44 bits per heavy atom. The van der Waals surface area contributed by atoms with Crippen LogP contribution in [0, 0.1) is 0 Å². The normalized spacial score (nSPS) is 30.0. The maximum Gasteiger partial charge on any atom is 0.0370 e. The first-order valence-electron chi connectivity index (χ1n) is 3.48. The van der Waals surface area contributed by atoms with Gasteiger partial charge >= 0.3 is 0 Å². The first kappa shape index (κ1) is 6.99. The molecular formula is C6H15N3. The predicted molar refractivity (Wildman–Crippen MR) is 37.6 cm³/mol. The average molecular weight is 129 g/mol. The van der Waals surface area contributed by atoms with Crippen LogP contribution in [0.25, 0.3) is 0 Å². The number of hydrogen-bond donors (Lipinski definition) is 2. The van der Waals surface area contributed by atoms with E-state index in [0.29, 0.717) is 12.1 Å². The Hall–Kier alpha value is -0.120. The van der Waals surface area contributed by atoms with Crippen LogP contribution >= 0.6 is 0 Å². The Balaban J connectivity index is 2.40. The van der Waals surface area contributed by atoms with E-state index in [1.807, 2.05) is 0 Å². The molecule has 2 N–H and O–H groups in total. The van der Waals surface area contributed by atoms with E-state index in [-0.39, 0.29) is 0 Å². The lowest BCUT2D eigenvalue weighted by Gasteiger charge is -2.23. The van der Waals surface area contributed by atoms with Crippen LogP contribution in [-0.2, 0) is 0 Å². The monoisotopic (exact) mass is 129 g/mol. The molecule has 9 heavy (non-hydrogen) atoms. The summed E-state index contributed by atoms with van der Waals surface area (Å²) in [5.74, 6) is 0. The molecule has 1 fully saturated rings. The van der Waals surface area contributed by atoms with Crippen LogP contribution in [0.3, 0.4) is 0 Å². The molecule has 1 aliphatic rings. The summed E-state index contributed by atoms with van der Waals surface area (Å²) in [5.41, 5.74) is 6.17. The van der Waals surface area contributed by atoms with Crippen LogP contribution in [0.5, 0.6) is 0 Å². The van der Waals surface area contributed by atoms with E-state index in [0.717, 1.165) is 6.54 Å². The van der Waals surface area contributed by atoms with Crippen molar-refractivity contribution >= 4 is 0 Å². The third-order valence-electron chi connectivity index (χ3n) is 1.64. The number of nitrogens with one attached hydrogen (secondary N) is 2. The van der Waals surface area contributed by atoms with Crippen LogP contribution < -0.4 is 11.0 Å². The molecule has 3 heteroatoms. The fourth-order valence-corrected chi connectivity index (χ4v) is 1.13. The number of nitrogens with zero attached hydrogens (tertiary/aromatic N) is 1. The Morgan fingerprint density at radius 2 is 2.22 bits per heavy atom. The van der Waals surface area contributed by atoms with Crippen molar-refractivity contribution in [1.82, 2.24) is 16.0 Å². The van der Waals surface area contributed by atoms with E-state index in [4.69, 9.17) is 0 Å². The molecule has 1 atom stereocenters. The maximum absolute atomic E-state index is 3.09. The minimum Gasteiger partial charge on any atom is -0.242 e. The highest BCUT2D eigenvalue weighted by Crippen LogP contribution is 2.02. The molecule has 0 spiro atoms. The fourth-order valence-electron chi connectivity index (χ4n) is 1.13. The zero-order chi connectivity index (χ0) is 6.85. The summed E-state index contributed by atoms with van der Waals surface area (Å²) in [5, 5.41) is 2.21. The highest BCUT2D eigenvalue weighted by atomic mass is 15.7. The number of hydrazine groups is 2. The number of rotatable bonds is 1. The van der Waals surface area contributed by atoms with Crippen molar-refractivity contribution in [3.63, 3.8) is 0 Å². The van der Waals surface area contributed by atoms with Gasteiger partial charge in [-0.1, -0.05) is 0 Å². The topological polar surface area (TPSA) is 27.3 Å². The Morgan fingerprint density at radius 1 is 1.56 bits per heavy atom. The molecular weight excluding hydrogens is 114 g/mol. The Labute approximate surface area is 56.4 Å². The van der Waals surface area contributed by atoms with Gasteiger partial charge < -0.3 is 0 Å². The maximum atomic E-state index is 3.09. The molecule has 0 bridgehead atoms.